The summed E-state index contributed by atoms with van der Waals surface area (Å²) in [6, 6.07) is 10.0. The molecule has 0 unspecified atom stereocenters. The van der Waals surface area contributed by atoms with Gasteiger partial charge in [0, 0.05) is 6.61 Å². The van der Waals surface area contributed by atoms with E-state index in [1.165, 1.54) is 5.56 Å². The molecule has 98 valence electrons. The van der Waals surface area contributed by atoms with E-state index >= 15 is 0 Å². The van der Waals surface area contributed by atoms with E-state index in [-0.39, 0.29) is 35.3 Å². The van der Waals surface area contributed by atoms with E-state index in [1.54, 1.807) is 0 Å². The zero-order valence-corrected chi connectivity index (χ0v) is 10.5. The second-order valence-corrected chi connectivity index (χ2v) is 5.41. The van der Waals surface area contributed by atoms with Crippen molar-refractivity contribution in [3.8, 4) is 0 Å². The van der Waals surface area contributed by atoms with Crippen LogP contribution in [0.1, 0.15) is 18.4 Å². The first-order valence-electron chi connectivity index (χ1n) is 5.65. The van der Waals surface area contributed by atoms with E-state index in [2.05, 4.69) is 0 Å². The van der Waals surface area contributed by atoms with Gasteiger partial charge in [0.25, 0.3) is 10.1 Å². The molecule has 0 aliphatic rings. The number of unbranched alkanes of at least 4 members (excludes halogenated alkanes) is 1. The van der Waals surface area contributed by atoms with Gasteiger partial charge in [-0.1, -0.05) is 30.3 Å². The van der Waals surface area contributed by atoms with Crippen molar-refractivity contribution in [1.82, 2.24) is 0 Å². The van der Waals surface area contributed by atoms with Crippen LogP contribution in [0, 0.1) is 0 Å². The van der Waals surface area contributed by atoms with Gasteiger partial charge in [-0.25, -0.2) is 0 Å². The van der Waals surface area contributed by atoms with E-state index < -0.39 is 10.1 Å². The zero-order chi connectivity index (χ0) is 12.6. The molecule has 0 bridgehead atoms. The quantitative estimate of drug-likeness (QED) is 0.443. The van der Waals surface area contributed by atoms with Crippen LogP contribution in [0.4, 0.5) is 0 Å². The molecule has 0 saturated heterocycles. The van der Waals surface area contributed by atoms with Gasteiger partial charge in [0.05, 0.1) is 12.4 Å². The Hall–Kier alpha value is 0.0900. The molecule has 0 heterocycles. The first kappa shape index (κ1) is 18.1. The van der Waals surface area contributed by atoms with Crippen LogP contribution in [0.15, 0.2) is 30.3 Å². The summed E-state index contributed by atoms with van der Waals surface area (Å²) in [6.45, 7) is 1.16. The van der Waals surface area contributed by atoms with Crippen LogP contribution >= 0.6 is 0 Å². The Bertz CT molecular complexity index is 405. The van der Waals surface area contributed by atoms with Gasteiger partial charge in [0.2, 0.25) is 0 Å². The van der Waals surface area contributed by atoms with Crippen LogP contribution in [-0.4, -0.2) is 61.5 Å². The second-order valence-electron chi connectivity index (χ2n) is 3.84. The van der Waals surface area contributed by atoms with Crippen molar-refractivity contribution in [3.63, 3.8) is 0 Å². The fourth-order valence-corrected chi connectivity index (χ4v) is 1.99. The molecule has 1 N–H and O–H groups in total. The van der Waals surface area contributed by atoms with Gasteiger partial charge in [-0.15, -0.1) is 0 Å². The minimum absolute atomic E-state index is 0. The summed E-state index contributed by atoms with van der Waals surface area (Å²) in [5, 5.41) is 0. The van der Waals surface area contributed by atoms with Crippen molar-refractivity contribution in [1.29, 1.82) is 0 Å². The van der Waals surface area contributed by atoms with Crippen LogP contribution in [-0.2, 0) is 21.3 Å². The fraction of sp³-hybridized carbons (Fsp3) is 0.500. The molecule has 0 amide bonds. The average Bonchev–Trinajstić information content (AvgIpc) is 2.28. The van der Waals surface area contributed by atoms with E-state index in [0.29, 0.717) is 26.1 Å². The van der Waals surface area contributed by atoms with E-state index in [9.17, 15) is 8.42 Å². The van der Waals surface area contributed by atoms with Crippen molar-refractivity contribution in [2.75, 3.05) is 19.0 Å². The molecule has 0 atom stereocenters. The summed E-state index contributed by atoms with van der Waals surface area (Å²) in [5.41, 5.74) is 1.23. The van der Waals surface area contributed by atoms with Crippen LogP contribution in [0.2, 0.25) is 0 Å². The average molecular weight is 282 g/mol. The van der Waals surface area contributed by atoms with Gasteiger partial charge in [0.15, 0.2) is 0 Å². The van der Waals surface area contributed by atoms with E-state index in [1.807, 2.05) is 30.3 Å². The van der Waals surface area contributed by atoms with Gasteiger partial charge in [-0.05, 0) is 24.8 Å². The summed E-state index contributed by atoms with van der Waals surface area (Å²) in [5.74, 6) is -0.185. The third-order valence-electron chi connectivity index (χ3n) is 2.32. The Morgan fingerprint density at radius 1 is 1.06 bits per heavy atom. The molecule has 6 heteroatoms. The zero-order valence-electron chi connectivity index (χ0n) is 9.71. The summed E-state index contributed by atoms with van der Waals surface area (Å²) in [6.07, 6.45) is 1.94. The molecule has 18 heavy (non-hydrogen) atoms. The Balaban J connectivity index is 0.00000289. The number of hydrogen-bond donors (Lipinski definition) is 1. The Labute approximate surface area is 131 Å². The molecule has 0 radical (unpaired) electrons. The van der Waals surface area contributed by atoms with Gasteiger partial charge < -0.3 is 4.74 Å². The molecule has 0 fully saturated rings. The summed E-state index contributed by atoms with van der Waals surface area (Å²) in [4.78, 5) is 0. The van der Waals surface area contributed by atoms with Gasteiger partial charge in [-0.3, -0.25) is 4.55 Å². The fourth-order valence-electron chi connectivity index (χ4n) is 1.43. The monoisotopic (exact) mass is 282 g/mol. The molecular formula is C12H19NaO4S. The minimum atomic E-state index is -3.82. The predicted octanol–water partition coefficient (Wildman–Crippen LogP) is 1.27. The first-order valence-corrected chi connectivity index (χ1v) is 7.26. The Kier molecular flexibility index (Phi) is 10.00. The Morgan fingerprint density at radius 3 is 2.33 bits per heavy atom. The van der Waals surface area contributed by atoms with Crippen molar-refractivity contribution in [2.45, 2.75) is 19.3 Å². The molecule has 4 nitrogen and oxygen atoms in total. The van der Waals surface area contributed by atoms with Gasteiger partial charge in [-0.2, -0.15) is 8.42 Å². The number of benzene rings is 1. The number of ether oxygens (including phenoxy) is 1. The topological polar surface area (TPSA) is 63.6 Å². The molecular weight excluding hydrogens is 263 g/mol. The second kappa shape index (κ2) is 9.95. The van der Waals surface area contributed by atoms with Crippen LogP contribution < -0.4 is 0 Å². The standard InChI is InChI=1S/C12H18O4S.Na.H/c13-17(14,15)11-5-4-9-16-10-8-12-6-2-1-3-7-12;;/h1-3,6-7H,4-5,8-11H2,(H,13,14,15);;. The summed E-state index contributed by atoms with van der Waals surface area (Å²) < 4.78 is 34.7. The van der Waals surface area contributed by atoms with E-state index in [0.717, 1.165) is 6.42 Å². The SMILES string of the molecule is O=S(=O)(O)CCCCOCCc1ccccc1.[NaH]. The molecule has 0 spiro atoms. The predicted molar refractivity (Wildman–Crippen MR) is 73.8 cm³/mol. The van der Waals surface area contributed by atoms with Gasteiger partial charge in [0.1, 0.15) is 0 Å². The molecule has 0 aliphatic carbocycles. The van der Waals surface area contributed by atoms with Crippen molar-refractivity contribution in [3.05, 3.63) is 35.9 Å². The van der Waals surface area contributed by atoms with Crippen molar-refractivity contribution < 1.29 is 17.7 Å². The summed E-state index contributed by atoms with van der Waals surface area (Å²) >= 11 is 0. The molecule has 1 rings (SSSR count). The first-order chi connectivity index (χ1) is 8.08. The van der Waals surface area contributed by atoms with Crippen molar-refractivity contribution >= 4 is 39.7 Å². The summed E-state index contributed by atoms with van der Waals surface area (Å²) in [7, 11) is -3.82. The molecule has 0 saturated carbocycles. The number of hydrogen-bond acceptors (Lipinski definition) is 3. The maximum absolute atomic E-state index is 10.4. The molecule has 0 aromatic heterocycles. The van der Waals surface area contributed by atoms with E-state index in [4.69, 9.17) is 9.29 Å². The number of rotatable bonds is 8. The normalized spacial score (nSPS) is 10.9. The molecule has 0 aliphatic heterocycles. The van der Waals surface area contributed by atoms with Crippen LogP contribution in [0.3, 0.4) is 0 Å². The van der Waals surface area contributed by atoms with Crippen LogP contribution in [0.25, 0.3) is 0 Å². The Morgan fingerprint density at radius 2 is 1.72 bits per heavy atom. The molecule has 1 aromatic rings. The molecule has 1 aromatic carbocycles. The third-order valence-corrected chi connectivity index (χ3v) is 3.12. The third kappa shape index (κ3) is 10.1. The van der Waals surface area contributed by atoms with Crippen molar-refractivity contribution in [2.24, 2.45) is 0 Å². The maximum atomic E-state index is 10.4. The van der Waals surface area contributed by atoms with Gasteiger partial charge >= 0.3 is 29.6 Å². The van der Waals surface area contributed by atoms with Crippen LogP contribution in [0.5, 0.6) is 0 Å².